The molecule has 16 heavy (non-hydrogen) atoms. The van der Waals surface area contributed by atoms with Crippen LogP contribution in [0.1, 0.15) is 33.1 Å². The van der Waals surface area contributed by atoms with Crippen molar-refractivity contribution < 1.29 is 9.53 Å². The standard InChI is InChI=1S/C12H24N2O2/c1-3-7-16-11-5-4-6-14(9-11)12(15)10(2)8-13/h10-11H,3-9,13H2,1-2H3. The SMILES string of the molecule is CCCOC1CCCN(C(=O)C(C)CN)C1. The van der Waals surface area contributed by atoms with Crippen molar-refractivity contribution in [2.75, 3.05) is 26.2 Å². The summed E-state index contributed by atoms with van der Waals surface area (Å²) in [5, 5.41) is 0. The van der Waals surface area contributed by atoms with Crippen molar-refractivity contribution in [3.05, 3.63) is 0 Å². The highest BCUT2D eigenvalue weighted by Crippen LogP contribution is 2.15. The molecule has 0 radical (unpaired) electrons. The number of piperidine rings is 1. The van der Waals surface area contributed by atoms with Gasteiger partial charge in [-0.05, 0) is 19.3 Å². The summed E-state index contributed by atoms with van der Waals surface area (Å²) in [6.07, 6.45) is 3.37. The maximum Gasteiger partial charge on any atom is 0.226 e. The van der Waals surface area contributed by atoms with E-state index in [1.54, 1.807) is 0 Å². The second-order valence-electron chi connectivity index (χ2n) is 4.56. The molecule has 0 aliphatic carbocycles. The number of rotatable bonds is 5. The van der Waals surface area contributed by atoms with Crippen LogP contribution in [-0.4, -0.2) is 43.2 Å². The number of nitrogens with zero attached hydrogens (tertiary/aromatic N) is 1. The Morgan fingerprint density at radius 3 is 3.00 bits per heavy atom. The molecule has 2 unspecified atom stereocenters. The maximum absolute atomic E-state index is 11.9. The van der Waals surface area contributed by atoms with Gasteiger partial charge in [-0.2, -0.15) is 0 Å². The van der Waals surface area contributed by atoms with Crippen LogP contribution in [0.2, 0.25) is 0 Å². The number of nitrogens with two attached hydrogens (primary N) is 1. The Morgan fingerprint density at radius 1 is 1.62 bits per heavy atom. The third-order valence-electron chi connectivity index (χ3n) is 3.02. The first-order valence-electron chi connectivity index (χ1n) is 6.29. The van der Waals surface area contributed by atoms with E-state index < -0.39 is 0 Å². The number of carbonyl (C=O) groups is 1. The molecule has 1 fully saturated rings. The van der Waals surface area contributed by atoms with Crippen LogP contribution < -0.4 is 5.73 Å². The molecule has 1 rings (SSSR count). The van der Waals surface area contributed by atoms with E-state index in [4.69, 9.17) is 10.5 Å². The predicted octanol–water partition coefficient (Wildman–Crippen LogP) is 0.999. The summed E-state index contributed by atoms with van der Waals surface area (Å²) in [6.45, 7) is 6.80. The second-order valence-corrected chi connectivity index (χ2v) is 4.56. The summed E-state index contributed by atoms with van der Waals surface area (Å²) in [5.74, 6) is 0.109. The summed E-state index contributed by atoms with van der Waals surface area (Å²) < 4.78 is 5.70. The summed E-state index contributed by atoms with van der Waals surface area (Å²) in [5.41, 5.74) is 5.52. The Balaban J connectivity index is 2.40. The van der Waals surface area contributed by atoms with E-state index in [-0.39, 0.29) is 17.9 Å². The van der Waals surface area contributed by atoms with E-state index in [0.29, 0.717) is 6.54 Å². The van der Waals surface area contributed by atoms with Gasteiger partial charge in [-0.1, -0.05) is 13.8 Å². The average molecular weight is 228 g/mol. The normalized spacial score (nSPS) is 23.2. The van der Waals surface area contributed by atoms with Crippen molar-refractivity contribution in [2.45, 2.75) is 39.2 Å². The number of hydrogen-bond acceptors (Lipinski definition) is 3. The zero-order chi connectivity index (χ0) is 12.0. The fourth-order valence-electron chi connectivity index (χ4n) is 1.97. The Kier molecular flexibility index (Phi) is 5.77. The molecule has 0 saturated carbocycles. The zero-order valence-electron chi connectivity index (χ0n) is 10.4. The lowest BCUT2D eigenvalue weighted by atomic mass is 10.0. The molecule has 1 heterocycles. The number of hydrogen-bond donors (Lipinski definition) is 1. The van der Waals surface area contributed by atoms with Gasteiger partial charge in [0.05, 0.1) is 6.10 Å². The number of carbonyl (C=O) groups excluding carboxylic acids is 1. The van der Waals surface area contributed by atoms with E-state index in [1.807, 2.05) is 11.8 Å². The molecule has 4 heteroatoms. The summed E-state index contributed by atoms with van der Waals surface area (Å²) >= 11 is 0. The molecule has 2 N–H and O–H groups in total. The first-order valence-corrected chi connectivity index (χ1v) is 6.29. The molecular weight excluding hydrogens is 204 g/mol. The van der Waals surface area contributed by atoms with Crippen molar-refractivity contribution in [2.24, 2.45) is 11.7 Å². The molecule has 0 aromatic rings. The smallest absolute Gasteiger partial charge is 0.226 e. The summed E-state index contributed by atoms with van der Waals surface area (Å²) in [6, 6.07) is 0. The molecule has 1 amide bonds. The lowest BCUT2D eigenvalue weighted by Crippen LogP contribution is -2.46. The van der Waals surface area contributed by atoms with E-state index in [9.17, 15) is 4.79 Å². The lowest BCUT2D eigenvalue weighted by molar-refractivity contribution is -0.138. The molecule has 2 atom stereocenters. The van der Waals surface area contributed by atoms with Crippen molar-refractivity contribution in [3.8, 4) is 0 Å². The second kappa shape index (κ2) is 6.86. The van der Waals surface area contributed by atoms with Gasteiger partial charge in [0.1, 0.15) is 0 Å². The highest BCUT2D eigenvalue weighted by molar-refractivity contribution is 5.78. The molecule has 94 valence electrons. The van der Waals surface area contributed by atoms with Crippen LogP contribution in [0, 0.1) is 5.92 Å². The van der Waals surface area contributed by atoms with Crippen molar-refractivity contribution in [3.63, 3.8) is 0 Å². The van der Waals surface area contributed by atoms with Gasteiger partial charge in [-0.15, -0.1) is 0 Å². The highest BCUT2D eigenvalue weighted by atomic mass is 16.5. The highest BCUT2D eigenvalue weighted by Gasteiger charge is 2.26. The predicted molar refractivity (Wildman–Crippen MR) is 64.1 cm³/mol. The van der Waals surface area contributed by atoms with Crippen LogP contribution in [0.4, 0.5) is 0 Å². The quantitative estimate of drug-likeness (QED) is 0.763. The van der Waals surface area contributed by atoms with Gasteiger partial charge < -0.3 is 15.4 Å². The minimum atomic E-state index is -0.0649. The van der Waals surface area contributed by atoms with Crippen LogP contribution >= 0.6 is 0 Å². The number of ether oxygens (including phenoxy) is 1. The topological polar surface area (TPSA) is 55.6 Å². The van der Waals surface area contributed by atoms with Gasteiger partial charge in [0.2, 0.25) is 5.91 Å². The minimum Gasteiger partial charge on any atom is -0.376 e. The average Bonchev–Trinajstić information content (AvgIpc) is 2.34. The van der Waals surface area contributed by atoms with E-state index in [0.717, 1.165) is 39.0 Å². The molecule has 4 nitrogen and oxygen atoms in total. The first kappa shape index (κ1) is 13.5. The minimum absolute atomic E-state index is 0.0649. The Morgan fingerprint density at radius 2 is 2.38 bits per heavy atom. The Bertz CT molecular complexity index is 221. The molecule has 1 aliphatic rings. The van der Waals surface area contributed by atoms with Gasteiger partial charge in [0.15, 0.2) is 0 Å². The van der Waals surface area contributed by atoms with Crippen molar-refractivity contribution in [1.82, 2.24) is 4.90 Å². The number of likely N-dealkylation sites (tertiary alicyclic amines) is 1. The Labute approximate surface area is 98.1 Å². The van der Waals surface area contributed by atoms with Crippen LogP contribution in [-0.2, 0) is 9.53 Å². The monoisotopic (exact) mass is 228 g/mol. The molecule has 1 saturated heterocycles. The van der Waals surface area contributed by atoms with E-state index in [1.165, 1.54) is 0 Å². The molecule has 0 aromatic carbocycles. The molecule has 0 bridgehead atoms. The van der Waals surface area contributed by atoms with Gasteiger partial charge >= 0.3 is 0 Å². The summed E-state index contributed by atoms with van der Waals surface area (Å²) in [7, 11) is 0. The maximum atomic E-state index is 11.9. The van der Waals surface area contributed by atoms with E-state index in [2.05, 4.69) is 6.92 Å². The number of amides is 1. The van der Waals surface area contributed by atoms with Crippen LogP contribution in [0.3, 0.4) is 0 Å². The van der Waals surface area contributed by atoms with E-state index >= 15 is 0 Å². The van der Waals surface area contributed by atoms with Gasteiger partial charge in [-0.3, -0.25) is 4.79 Å². The largest absolute Gasteiger partial charge is 0.376 e. The fraction of sp³-hybridized carbons (Fsp3) is 0.917. The summed E-state index contributed by atoms with van der Waals surface area (Å²) in [4.78, 5) is 13.8. The molecule has 0 spiro atoms. The molecular formula is C12H24N2O2. The molecule has 0 aromatic heterocycles. The van der Waals surface area contributed by atoms with Gasteiger partial charge in [-0.25, -0.2) is 0 Å². The van der Waals surface area contributed by atoms with Gasteiger partial charge in [0.25, 0.3) is 0 Å². The Hall–Kier alpha value is -0.610. The third kappa shape index (κ3) is 3.76. The van der Waals surface area contributed by atoms with Crippen molar-refractivity contribution in [1.29, 1.82) is 0 Å². The fourth-order valence-corrected chi connectivity index (χ4v) is 1.97. The van der Waals surface area contributed by atoms with Crippen LogP contribution in [0.5, 0.6) is 0 Å². The third-order valence-corrected chi connectivity index (χ3v) is 3.02. The zero-order valence-corrected chi connectivity index (χ0v) is 10.4. The lowest BCUT2D eigenvalue weighted by Gasteiger charge is -2.34. The molecule has 1 aliphatic heterocycles. The van der Waals surface area contributed by atoms with Crippen LogP contribution in [0.25, 0.3) is 0 Å². The van der Waals surface area contributed by atoms with Gasteiger partial charge in [0, 0.05) is 32.2 Å². The van der Waals surface area contributed by atoms with Crippen LogP contribution in [0.15, 0.2) is 0 Å². The first-order chi connectivity index (χ1) is 7.69. The van der Waals surface area contributed by atoms with Crippen molar-refractivity contribution >= 4 is 5.91 Å².